The third kappa shape index (κ3) is 3.82. The zero-order valence-corrected chi connectivity index (χ0v) is 14.9. The first-order valence-corrected chi connectivity index (χ1v) is 8.03. The van der Waals surface area contributed by atoms with E-state index in [2.05, 4.69) is 0 Å². The average molecular weight is 368 g/mol. The van der Waals surface area contributed by atoms with Crippen molar-refractivity contribution in [1.82, 2.24) is 0 Å². The third-order valence-corrected chi connectivity index (χ3v) is 3.76. The Hall–Kier alpha value is -3.61. The first kappa shape index (κ1) is 18.2. The molecule has 27 heavy (non-hydrogen) atoms. The zero-order chi connectivity index (χ0) is 19.7. The summed E-state index contributed by atoms with van der Waals surface area (Å²) < 4.78 is 15.8. The molecule has 0 aliphatic carbocycles. The molecule has 3 aromatic rings. The number of carbonyl (C=O) groups excluding carboxylic acids is 2. The van der Waals surface area contributed by atoms with Crippen LogP contribution in [-0.4, -0.2) is 17.0 Å². The summed E-state index contributed by atoms with van der Waals surface area (Å²) in [6, 6.07) is 8.75. The molecule has 1 N–H and O–H groups in total. The van der Waals surface area contributed by atoms with Crippen LogP contribution in [0.3, 0.4) is 0 Å². The Balaban J connectivity index is 2.12. The van der Waals surface area contributed by atoms with Crippen LogP contribution in [0.15, 0.2) is 45.6 Å². The molecule has 0 unspecified atom stereocenters. The highest BCUT2D eigenvalue weighted by atomic mass is 16.5. The van der Waals surface area contributed by atoms with Crippen molar-refractivity contribution in [3.05, 3.63) is 52.2 Å². The molecule has 1 aromatic heterocycles. The molecule has 7 nitrogen and oxygen atoms in total. The Morgan fingerprint density at radius 2 is 1.70 bits per heavy atom. The van der Waals surface area contributed by atoms with Crippen molar-refractivity contribution in [3.8, 4) is 28.6 Å². The van der Waals surface area contributed by atoms with E-state index in [1.54, 1.807) is 25.1 Å². The molecule has 0 amide bonds. The molecule has 2 aromatic carbocycles. The fraction of sp³-hybridized carbons (Fsp3) is 0.150. The normalized spacial score (nSPS) is 10.6. The lowest BCUT2D eigenvalue weighted by Gasteiger charge is -2.09. The molecule has 0 radical (unpaired) electrons. The molecule has 0 saturated carbocycles. The Kier molecular flexibility index (Phi) is 4.68. The molecule has 1 heterocycles. The van der Waals surface area contributed by atoms with Crippen LogP contribution in [0.4, 0.5) is 0 Å². The van der Waals surface area contributed by atoms with Crippen LogP contribution in [0.25, 0.3) is 22.3 Å². The second kappa shape index (κ2) is 6.95. The highest BCUT2D eigenvalue weighted by molar-refractivity contribution is 5.87. The Morgan fingerprint density at radius 3 is 2.33 bits per heavy atom. The smallest absolute Gasteiger partial charge is 0.308 e. The molecule has 0 bridgehead atoms. The summed E-state index contributed by atoms with van der Waals surface area (Å²) in [5.74, 6) is -0.617. The number of hydrogen-bond acceptors (Lipinski definition) is 7. The van der Waals surface area contributed by atoms with Gasteiger partial charge in [-0.3, -0.25) is 14.4 Å². The van der Waals surface area contributed by atoms with E-state index in [1.165, 1.54) is 32.0 Å². The van der Waals surface area contributed by atoms with Gasteiger partial charge in [-0.25, -0.2) is 0 Å². The molecule has 0 saturated heterocycles. The molecule has 0 aliphatic rings. The van der Waals surface area contributed by atoms with Gasteiger partial charge in [-0.1, -0.05) is 0 Å². The molecule has 3 rings (SSSR count). The number of carbonyl (C=O) groups is 2. The quantitative estimate of drug-likeness (QED) is 0.559. The summed E-state index contributed by atoms with van der Waals surface area (Å²) in [6.45, 7) is 4.29. The topological polar surface area (TPSA) is 103 Å². The summed E-state index contributed by atoms with van der Waals surface area (Å²) in [4.78, 5) is 34.7. The highest BCUT2D eigenvalue weighted by Gasteiger charge is 2.14. The monoisotopic (exact) mass is 368 g/mol. The van der Waals surface area contributed by atoms with Gasteiger partial charge in [0.1, 0.15) is 34.0 Å². The number of ether oxygens (including phenoxy) is 2. The van der Waals surface area contributed by atoms with Crippen molar-refractivity contribution >= 4 is 22.9 Å². The average Bonchev–Trinajstić information content (AvgIpc) is 2.54. The summed E-state index contributed by atoms with van der Waals surface area (Å²) in [7, 11) is 0. The van der Waals surface area contributed by atoms with Gasteiger partial charge in [-0.15, -0.1) is 0 Å². The van der Waals surface area contributed by atoms with Crippen LogP contribution in [-0.2, 0) is 9.59 Å². The number of hydrogen-bond donors (Lipinski definition) is 1. The minimum atomic E-state index is -0.566. The van der Waals surface area contributed by atoms with E-state index in [4.69, 9.17) is 13.9 Å². The summed E-state index contributed by atoms with van der Waals surface area (Å²) in [5, 5.41) is 10.1. The van der Waals surface area contributed by atoms with Crippen LogP contribution in [0.2, 0.25) is 0 Å². The van der Waals surface area contributed by atoms with Gasteiger partial charge in [0, 0.05) is 37.6 Å². The van der Waals surface area contributed by atoms with Gasteiger partial charge in [-0.2, -0.15) is 0 Å². The number of esters is 2. The molecule has 0 spiro atoms. The second-order valence-electron chi connectivity index (χ2n) is 5.96. The minimum absolute atomic E-state index is 0.0112. The Labute approximate surface area is 153 Å². The van der Waals surface area contributed by atoms with E-state index in [9.17, 15) is 19.5 Å². The van der Waals surface area contributed by atoms with E-state index in [1.807, 2.05) is 0 Å². The molecule has 0 atom stereocenters. The van der Waals surface area contributed by atoms with Crippen LogP contribution in [0, 0.1) is 6.92 Å². The van der Waals surface area contributed by atoms with Crippen molar-refractivity contribution in [1.29, 1.82) is 0 Å². The lowest BCUT2D eigenvalue weighted by molar-refractivity contribution is -0.132. The minimum Gasteiger partial charge on any atom is -0.507 e. The van der Waals surface area contributed by atoms with Crippen LogP contribution in [0.5, 0.6) is 17.2 Å². The fourth-order valence-electron chi connectivity index (χ4n) is 2.68. The maximum Gasteiger partial charge on any atom is 0.308 e. The van der Waals surface area contributed by atoms with E-state index >= 15 is 0 Å². The van der Waals surface area contributed by atoms with Gasteiger partial charge in [0.05, 0.1) is 0 Å². The van der Waals surface area contributed by atoms with Crippen molar-refractivity contribution in [3.63, 3.8) is 0 Å². The second-order valence-corrected chi connectivity index (χ2v) is 5.96. The number of aromatic hydroxyl groups is 1. The lowest BCUT2D eigenvalue weighted by atomic mass is 10.1. The number of rotatable bonds is 3. The van der Waals surface area contributed by atoms with Crippen LogP contribution < -0.4 is 14.9 Å². The number of fused-ring (bicyclic) bond motifs is 1. The molecular formula is C20H16O7. The van der Waals surface area contributed by atoms with Gasteiger partial charge in [0.2, 0.25) is 0 Å². The van der Waals surface area contributed by atoms with Crippen LogP contribution >= 0.6 is 0 Å². The molecule has 138 valence electrons. The van der Waals surface area contributed by atoms with E-state index < -0.39 is 17.4 Å². The van der Waals surface area contributed by atoms with Crippen molar-refractivity contribution in [2.24, 2.45) is 0 Å². The summed E-state index contributed by atoms with van der Waals surface area (Å²) >= 11 is 0. The lowest BCUT2D eigenvalue weighted by Crippen LogP contribution is -2.04. The SMILES string of the molecule is CC(=O)Oc1cc(O)c2c(=O)cc(-c3ccc(OC(C)=O)c(C)c3)oc2c1. The molecule has 0 aliphatic heterocycles. The first-order chi connectivity index (χ1) is 12.7. The summed E-state index contributed by atoms with van der Waals surface area (Å²) in [6.07, 6.45) is 0. The predicted octanol–water partition coefficient (Wildman–Crippen LogP) is 3.32. The first-order valence-electron chi connectivity index (χ1n) is 8.03. The van der Waals surface area contributed by atoms with Crippen molar-refractivity contribution < 1.29 is 28.6 Å². The Morgan fingerprint density at radius 1 is 1.00 bits per heavy atom. The van der Waals surface area contributed by atoms with E-state index in [0.717, 1.165) is 0 Å². The largest absolute Gasteiger partial charge is 0.507 e. The van der Waals surface area contributed by atoms with Gasteiger partial charge < -0.3 is 19.0 Å². The zero-order valence-electron chi connectivity index (χ0n) is 14.9. The van der Waals surface area contributed by atoms with E-state index in [0.29, 0.717) is 16.9 Å². The van der Waals surface area contributed by atoms with Gasteiger partial charge >= 0.3 is 11.9 Å². The predicted molar refractivity (Wildman–Crippen MR) is 96.9 cm³/mol. The maximum atomic E-state index is 12.4. The molecular weight excluding hydrogens is 352 g/mol. The highest BCUT2D eigenvalue weighted by Crippen LogP contribution is 2.32. The van der Waals surface area contributed by atoms with Crippen molar-refractivity contribution in [2.75, 3.05) is 0 Å². The maximum absolute atomic E-state index is 12.4. The van der Waals surface area contributed by atoms with Gasteiger partial charge in [0.25, 0.3) is 0 Å². The molecule has 7 heteroatoms. The number of phenolic OH excluding ortho intramolecular Hbond substituents is 1. The fourth-order valence-corrected chi connectivity index (χ4v) is 2.68. The third-order valence-electron chi connectivity index (χ3n) is 3.76. The number of aryl methyl sites for hydroxylation is 1. The van der Waals surface area contributed by atoms with Gasteiger partial charge in [0.15, 0.2) is 5.43 Å². The number of phenols is 1. The van der Waals surface area contributed by atoms with E-state index in [-0.39, 0.29) is 28.2 Å². The number of benzene rings is 2. The molecule has 0 fully saturated rings. The van der Waals surface area contributed by atoms with Crippen LogP contribution in [0.1, 0.15) is 19.4 Å². The Bertz CT molecular complexity index is 1130. The standard InChI is InChI=1S/C20H16O7/c1-10-6-13(4-5-17(10)26-12(3)22)18-9-16(24)20-15(23)7-14(25-11(2)21)8-19(20)27-18/h4-9,23H,1-3H3. The summed E-state index contributed by atoms with van der Waals surface area (Å²) in [5.41, 5.74) is 0.900. The van der Waals surface area contributed by atoms with Gasteiger partial charge in [-0.05, 0) is 30.7 Å². The van der Waals surface area contributed by atoms with Crippen molar-refractivity contribution in [2.45, 2.75) is 20.8 Å².